The maximum atomic E-state index is 5.54. The lowest BCUT2D eigenvalue weighted by Crippen LogP contribution is -2.20. The minimum absolute atomic E-state index is 0.976. The van der Waals surface area contributed by atoms with E-state index in [1.54, 1.807) is 11.8 Å². The first-order valence-electron chi connectivity index (χ1n) is 7.78. The first kappa shape index (κ1) is 18.0. The van der Waals surface area contributed by atoms with Gasteiger partial charge in [0, 0.05) is 19.2 Å². The summed E-state index contributed by atoms with van der Waals surface area (Å²) in [6.45, 7) is 7.20. The van der Waals surface area contributed by atoms with Gasteiger partial charge in [0.15, 0.2) is 0 Å². The molecular weight excluding hydrogens is 332 g/mol. The predicted octanol–water partition coefficient (Wildman–Crippen LogP) is 5.83. The summed E-state index contributed by atoms with van der Waals surface area (Å²) in [4.78, 5) is 0. The van der Waals surface area contributed by atoms with Crippen LogP contribution < -0.4 is 0 Å². The molecule has 0 bridgehead atoms. The van der Waals surface area contributed by atoms with Crippen LogP contribution in [0.3, 0.4) is 0 Å². The standard InChI is InChI=1S/C20H22S2Si/c1-23(2,3)16-15-22-20(21)19-13-11-18(12-14-19)10-9-17-7-5-4-6-8-17/h4-8,11-14H,15-16H2,1-3H3. The highest BCUT2D eigenvalue weighted by atomic mass is 32.2. The molecule has 0 atom stereocenters. The molecule has 23 heavy (non-hydrogen) atoms. The molecule has 2 aromatic carbocycles. The smallest absolute Gasteiger partial charge is 0.0778 e. The third-order valence-corrected chi connectivity index (χ3v) is 6.94. The number of rotatable bonds is 4. The molecule has 0 heterocycles. The van der Waals surface area contributed by atoms with Gasteiger partial charge in [-0.2, -0.15) is 0 Å². The van der Waals surface area contributed by atoms with Crippen LogP contribution in [0.2, 0.25) is 25.7 Å². The summed E-state index contributed by atoms with van der Waals surface area (Å²) in [5, 5.41) is 0. The van der Waals surface area contributed by atoms with E-state index >= 15 is 0 Å². The van der Waals surface area contributed by atoms with Crippen LogP contribution in [0, 0.1) is 11.8 Å². The van der Waals surface area contributed by atoms with Crippen molar-refractivity contribution in [2.45, 2.75) is 25.7 Å². The molecule has 0 aromatic heterocycles. The SMILES string of the molecule is C[Si](C)(C)CCSC(=S)c1ccc(C#Cc2ccccc2)cc1. The van der Waals surface area contributed by atoms with Crippen LogP contribution in [0.5, 0.6) is 0 Å². The Kier molecular flexibility index (Phi) is 6.65. The summed E-state index contributed by atoms with van der Waals surface area (Å²) >= 11 is 7.34. The van der Waals surface area contributed by atoms with Gasteiger partial charge in [-0.25, -0.2) is 0 Å². The van der Waals surface area contributed by atoms with Crippen LogP contribution in [0.15, 0.2) is 54.6 Å². The van der Waals surface area contributed by atoms with E-state index in [1.165, 1.54) is 6.04 Å². The van der Waals surface area contributed by atoms with Crippen LogP contribution in [-0.2, 0) is 0 Å². The first-order valence-corrected chi connectivity index (χ1v) is 12.9. The van der Waals surface area contributed by atoms with Crippen LogP contribution >= 0.6 is 24.0 Å². The lowest BCUT2D eigenvalue weighted by Gasteiger charge is -2.15. The Hall–Kier alpha value is -1.34. The molecule has 3 heteroatoms. The number of benzene rings is 2. The van der Waals surface area contributed by atoms with Crippen molar-refractivity contribution >= 4 is 36.3 Å². The van der Waals surface area contributed by atoms with Crippen molar-refractivity contribution in [3.05, 3.63) is 71.3 Å². The Balaban J connectivity index is 1.94. The molecular formula is C20H22S2Si. The van der Waals surface area contributed by atoms with E-state index in [1.807, 2.05) is 30.3 Å². The summed E-state index contributed by atoms with van der Waals surface area (Å²) in [5.41, 5.74) is 3.19. The van der Waals surface area contributed by atoms with Crippen molar-refractivity contribution in [2.24, 2.45) is 0 Å². The predicted molar refractivity (Wildman–Crippen MR) is 111 cm³/mol. The van der Waals surface area contributed by atoms with E-state index in [2.05, 4.69) is 55.7 Å². The van der Waals surface area contributed by atoms with Gasteiger partial charge in [-0.3, -0.25) is 0 Å². The van der Waals surface area contributed by atoms with Gasteiger partial charge < -0.3 is 0 Å². The lowest BCUT2D eigenvalue weighted by atomic mass is 10.1. The minimum atomic E-state index is -0.976. The molecule has 0 unspecified atom stereocenters. The normalized spacial score (nSPS) is 10.7. The van der Waals surface area contributed by atoms with Crippen LogP contribution in [0.1, 0.15) is 16.7 Å². The molecule has 0 radical (unpaired) electrons. The van der Waals surface area contributed by atoms with Gasteiger partial charge in [-0.05, 0) is 41.6 Å². The monoisotopic (exact) mass is 354 g/mol. The van der Waals surface area contributed by atoms with Gasteiger partial charge in [0.2, 0.25) is 0 Å². The van der Waals surface area contributed by atoms with Gasteiger partial charge >= 0.3 is 0 Å². The molecule has 0 saturated heterocycles. The second-order valence-corrected chi connectivity index (χ2v) is 14.0. The van der Waals surface area contributed by atoms with Gasteiger partial charge in [-0.1, -0.05) is 74.0 Å². The number of hydrogen-bond acceptors (Lipinski definition) is 2. The van der Waals surface area contributed by atoms with Crippen molar-refractivity contribution in [1.82, 2.24) is 0 Å². The highest BCUT2D eigenvalue weighted by Crippen LogP contribution is 2.19. The molecule has 118 valence electrons. The summed E-state index contributed by atoms with van der Waals surface area (Å²) in [6, 6.07) is 19.6. The highest BCUT2D eigenvalue weighted by molar-refractivity contribution is 8.23. The lowest BCUT2D eigenvalue weighted by molar-refractivity contribution is 1.38. The van der Waals surface area contributed by atoms with E-state index in [0.717, 1.165) is 26.6 Å². The quantitative estimate of drug-likeness (QED) is 0.385. The Labute approximate surface area is 150 Å². The minimum Gasteiger partial charge on any atom is -0.114 e. The van der Waals surface area contributed by atoms with Crippen molar-refractivity contribution in [2.75, 3.05) is 5.75 Å². The Morgan fingerprint density at radius 2 is 1.48 bits per heavy atom. The molecule has 0 spiro atoms. The third-order valence-electron chi connectivity index (χ3n) is 3.33. The molecule has 0 aliphatic rings. The largest absolute Gasteiger partial charge is 0.114 e. The van der Waals surface area contributed by atoms with Gasteiger partial charge in [-0.15, -0.1) is 11.8 Å². The van der Waals surface area contributed by atoms with Crippen molar-refractivity contribution in [1.29, 1.82) is 0 Å². The zero-order valence-corrected chi connectivity index (χ0v) is 16.6. The van der Waals surface area contributed by atoms with E-state index in [4.69, 9.17) is 12.2 Å². The summed E-state index contributed by atoms with van der Waals surface area (Å²) in [7, 11) is -0.976. The molecule has 0 amide bonds. The van der Waals surface area contributed by atoms with Crippen molar-refractivity contribution in [3.63, 3.8) is 0 Å². The van der Waals surface area contributed by atoms with Gasteiger partial charge in [0.25, 0.3) is 0 Å². The van der Waals surface area contributed by atoms with Gasteiger partial charge in [0.1, 0.15) is 0 Å². The fraction of sp³-hybridized carbons (Fsp3) is 0.250. The topological polar surface area (TPSA) is 0 Å². The first-order chi connectivity index (χ1) is 10.9. The Morgan fingerprint density at radius 1 is 0.913 bits per heavy atom. The fourth-order valence-corrected chi connectivity index (χ4v) is 5.62. The third kappa shape index (κ3) is 6.74. The molecule has 0 saturated carbocycles. The van der Waals surface area contributed by atoms with E-state index in [-0.39, 0.29) is 0 Å². The molecule has 0 nitrogen and oxygen atoms in total. The maximum Gasteiger partial charge on any atom is 0.0778 e. The highest BCUT2D eigenvalue weighted by Gasteiger charge is 2.13. The van der Waals surface area contributed by atoms with E-state index in [9.17, 15) is 0 Å². The molecule has 2 rings (SSSR count). The number of thioether (sulfide) groups is 1. The molecule has 0 N–H and O–H groups in total. The Morgan fingerprint density at radius 3 is 2.04 bits per heavy atom. The molecule has 0 fully saturated rings. The van der Waals surface area contributed by atoms with Gasteiger partial charge in [0.05, 0.1) is 4.20 Å². The molecule has 2 aromatic rings. The molecule has 0 aliphatic carbocycles. The molecule has 0 aliphatic heterocycles. The van der Waals surface area contributed by atoms with E-state index in [0.29, 0.717) is 0 Å². The summed E-state index contributed by atoms with van der Waals surface area (Å²) < 4.78 is 0.991. The zero-order chi connectivity index (χ0) is 16.7. The second-order valence-electron chi connectivity index (χ2n) is 6.64. The number of hydrogen-bond donors (Lipinski definition) is 0. The average molecular weight is 355 g/mol. The number of thiocarbonyl (C=S) groups is 1. The fourth-order valence-electron chi connectivity index (χ4n) is 1.89. The van der Waals surface area contributed by atoms with Crippen molar-refractivity contribution in [3.8, 4) is 11.8 Å². The van der Waals surface area contributed by atoms with Crippen LogP contribution in [-0.4, -0.2) is 18.0 Å². The van der Waals surface area contributed by atoms with Crippen molar-refractivity contribution < 1.29 is 0 Å². The Bertz CT molecular complexity index is 701. The van der Waals surface area contributed by atoms with Crippen LogP contribution in [0.25, 0.3) is 0 Å². The van der Waals surface area contributed by atoms with E-state index < -0.39 is 8.07 Å². The zero-order valence-electron chi connectivity index (χ0n) is 13.9. The maximum absolute atomic E-state index is 5.54. The summed E-state index contributed by atoms with van der Waals surface area (Å²) in [6.07, 6.45) is 0. The van der Waals surface area contributed by atoms with Crippen LogP contribution in [0.4, 0.5) is 0 Å². The summed E-state index contributed by atoms with van der Waals surface area (Å²) in [5.74, 6) is 7.50. The second kappa shape index (κ2) is 8.49. The average Bonchev–Trinajstić information content (AvgIpc) is 2.53.